The molecule has 0 aliphatic carbocycles. The monoisotopic (exact) mass is 495 g/mol. The molecule has 0 saturated carbocycles. The van der Waals surface area contributed by atoms with Gasteiger partial charge < -0.3 is 5.11 Å². The molecular formula is C28H19N2O5S+. The van der Waals surface area contributed by atoms with Crippen LogP contribution in [0.4, 0.5) is 0 Å². The number of aliphatic hydroxyl groups excluding tert-OH is 1. The van der Waals surface area contributed by atoms with E-state index in [1.165, 1.54) is 40.9 Å². The van der Waals surface area contributed by atoms with E-state index in [2.05, 4.69) is 4.40 Å². The van der Waals surface area contributed by atoms with Crippen molar-refractivity contribution in [3.8, 4) is 0 Å². The number of hydrogen-bond acceptors (Lipinski definition) is 5. The highest BCUT2D eigenvalue weighted by atomic mass is 32.2. The average Bonchev–Trinajstić information content (AvgIpc) is 2.92. The summed E-state index contributed by atoms with van der Waals surface area (Å²) in [6.45, 7) is 0. The Kier molecular flexibility index (Phi) is 5.87. The summed E-state index contributed by atoms with van der Waals surface area (Å²) in [5.74, 6) is 0.0321. The Balaban J connectivity index is 1.92. The summed E-state index contributed by atoms with van der Waals surface area (Å²) in [4.78, 5) is 26.8. The number of rotatable bonds is 3. The minimum absolute atomic E-state index is 0.0321. The van der Waals surface area contributed by atoms with Crippen LogP contribution in [0.1, 0.15) is 5.56 Å². The molecule has 1 heterocycles. The SMILES string of the molecule is O=c1c(=[n+]2ccc(=C(O)c3ccccc3)cc2)/c(=N/S(=O)(=O)c2ccccc2)c(=O)c2ccccc12. The van der Waals surface area contributed by atoms with Crippen LogP contribution in [0, 0.1) is 5.36 Å². The van der Waals surface area contributed by atoms with Crippen molar-refractivity contribution < 1.29 is 17.8 Å². The zero-order chi connectivity index (χ0) is 25.3. The third kappa shape index (κ3) is 4.14. The van der Waals surface area contributed by atoms with Crippen molar-refractivity contribution in [3.63, 3.8) is 0 Å². The van der Waals surface area contributed by atoms with E-state index in [0.717, 1.165) is 0 Å². The van der Waals surface area contributed by atoms with Crippen LogP contribution in [-0.4, -0.2) is 13.5 Å². The molecule has 8 heteroatoms. The van der Waals surface area contributed by atoms with E-state index in [1.807, 2.05) is 6.07 Å². The Morgan fingerprint density at radius 2 is 1.22 bits per heavy atom. The van der Waals surface area contributed by atoms with Crippen LogP contribution in [0.2, 0.25) is 0 Å². The number of aromatic nitrogens is 1. The Hall–Kier alpha value is -4.69. The van der Waals surface area contributed by atoms with E-state index in [4.69, 9.17) is 0 Å². The van der Waals surface area contributed by atoms with Gasteiger partial charge in [0.15, 0.2) is 12.4 Å². The van der Waals surface area contributed by atoms with Crippen molar-refractivity contribution in [2.45, 2.75) is 4.90 Å². The molecule has 5 aromatic rings. The predicted molar refractivity (Wildman–Crippen MR) is 135 cm³/mol. The van der Waals surface area contributed by atoms with Gasteiger partial charge in [0.1, 0.15) is 5.76 Å². The van der Waals surface area contributed by atoms with Crippen LogP contribution < -0.4 is 25.7 Å². The van der Waals surface area contributed by atoms with Gasteiger partial charge in [0, 0.05) is 33.7 Å². The second-order valence-electron chi connectivity index (χ2n) is 7.99. The van der Waals surface area contributed by atoms with Gasteiger partial charge in [0.05, 0.1) is 4.90 Å². The molecule has 7 nitrogen and oxygen atoms in total. The molecule has 36 heavy (non-hydrogen) atoms. The van der Waals surface area contributed by atoms with E-state index in [0.29, 0.717) is 10.8 Å². The first-order chi connectivity index (χ1) is 17.4. The Morgan fingerprint density at radius 3 is 1.83 bits per heavy atom. The van der Waals surface area contributed by atoms with Gasteiger partial charge in [0.2, 0.25) is 10.8 Å². The molecule has 0 saturated heterocycles. The summed E-state index contributed by atoms with van der Waals surface area (Å²) in [5.41, 5.74) is -0.604. The summed E-state index contributed by atoms with van der Waals surface area (Å²) in [7, 11) is -4.28. The van der Waals surface area contributed by atoms with E-state index < -0.39 is 26.2 Å². The molecule has 1 N–H and O–H groups in total. The first-order valence-corrected chi connectivity index (χ1v) is 12.4. The predicted octanol–water partition coefficient (Wildman–Crippen LogP) is 1.81. The minimum Gasteiger partial charge on any atom is -0.507 e. The van der Waals surface area contributed by atoms with Gasteiger partial charge in [-0.3, -0.25) is 9.59 Å². The van der Waals surface area contributed by atoms with Gasteiger partial charge >= 0.3 is 0 Å². The lowest BCUT2D eigenvalue weighted by molar-refractivity contribution is -0.512. The third-order valence-electron chi connectivity index (χ3n) is 5.73. The highest BCUT2D eigenvalue weighted by Gasteiger charge is 2.19. The largest absolute Gasteiger partial charge is 0.507 e. The summed E-state index contributed by atoms with van der Waals surface area (Å²) in [6.07, 6.45) is 2.96. The molecule has 176 valence electrons. The van der Waals surface area contributed by atoms with Crippen LogP contribution >= 0.6 is 0 Å². The number of fused-ring (bicyclic) bond motifs is 1. The summed E-state index contributed by atoms with van der Waals surface area (Å²) in [6, 6.07) is 25.8. The Morgan fingerprint density at radius 1 is 0.694 bits per heavy atom. The van der Waals surface area contributed by atoms with Crippen molar-refractivity contribution in [3.05, 3.63) is 151 Å². The fourth-order valence-corrected chi connectivity index (χ4v) is 4.95. The van der Waals surface area contributed by atoms with Gasteiger partial charge in [-0.1, -0.05) is 72.8 Å². The molecule has 0 fully saturated rings. The highest BCUT2D eigenvalue weighted by Crippen LogP contribution is 2.10. The number of pyridine rings is 1. The highest BCUT2D eigenvalue weighted by molar-refractivity contribution is 7.90. The van der Waals surface area contributed by atoms with Gasteiger partial charge in [0.25, 0.3) is 20.8 Å². The number of aliphatic hydroxyl groups is 1. The zero-order valence-electron chi connectivity index (χ0n) is 18.8. The topological polar surface area (TPSA) is 107 Å². The van der Waals surface area contributed by atoms with E-state index in [9.17, 15) is 23.1 Å². The fourth-order valence-electron chi connectivity index (χ4n) is 3.93. The van der Waals surface area contributed by atoms with Crippen LogP contribution in [0.15, 0.2) is 128 Å². The number of nitrogens with zero attached hydrogens (tertiary/aromatic N) is 2. The van der Waals surface area contributed by atoms with Gasteiger partial charge in [-0.25, -0.2) is 0 Å². The molecule has 0 bridgehead atoms. The van der Waals surface area contributed by atoms with Crippen molar-refractivity contribution >= 4 is 26.6 Å². The molecule has 0 unspecified atom stereocenters. The van der Waals surface area contributed by atoms with Crippen LogP contribution in [0.3, 0.4) is 0 Å². The molecule has 0 radical (unpaired) electrons. The first-order valence-electron chi connectivity index (χ1n) is 11.0. The number of benzene rings is 4. The summed E-state index contributed by atoms with van der Waals surface area (Å²) < 4.78 is 31.2. The molecule has 5 rings (SSSR count). The first kappa shape index (κ1) is 23.1. The molecule has 0 amide bonds. The van der Waals surface area contributed by atoms with Crippen molar-refractivity contribution in [1.29, 1.82) is 0 Å². The van der Waals surface area contributed by atoms with Crippen LogP contribution in [0.5, 0.6) is 0 Å². The lowest BCUT2D eigenvalue weighted by Crippen LogP contribution is -2.40. The second kappa shape index (κ2) is 9.16. The minimum atomic E-state index is -4.28. The molecular weight excluding hydrogens is 476 g/mol. The Labute approximate surface area is 205 Å². The molecule has 0 aliphatic heterocycles. The zero-order valence-corrected chi connectivity index (χ0v) is 19.6. The molecule has 1 aromatic heterocycles. The maximum atomic E-state index is 13.5. The van der Waals surface area contributed by atoms with Crippen LogP contribution in [0.25, 0.3) is 16.5 Å². The van der Waals surface area contributed by atoms with Gasteiger partial charge in [-0.05, 0) is 12.1 Å². The normalized spacial score (nSPS) is 12.1. The smallest absolute Gasteiger partial charge is 0.289 e. The maximum Gasteiger partial charge on any atom is 0.289 e. The molecule has 0 atom stereocenters. The fraction of sp³-hybridized carbons (Fsp3) is 0. The Bertz CT molecular complexity index is 2030. The molecule has 0 aliphatic rings. The average molecular weight is 496 g/mol. The van der Waals surface area contributed by atoms with E-state index in [-0.39, 0.29) is 26.8 Å². The number of sulfonamides is 1. The number of hydrogen-bond donors (Lipinski definition) is 1. The molecule has 0 spiro atoms. The lowest BCUT2D eigenvalue weighted by atomic mass is 10.1. The van der Waals surface area contributed by atoms with Crippen molar-refractivity contribution in [1.82, 2.24) is 0 Å². The summed E-state index contributed by atoms with van der Waals surface area (Å²) >= 11 is 0. The van der Waals surface area contributed by atoms with E-state index in [1.54, 1.807) is 66.7 Å². The lowest BCUT2D eigenvalue weighted by Gasteiger charge is -1.99. The molecule has 4 aromatic carbocycles. The maximum absolute atomic E-state index is 13.5. The van der Waals surface area contributed by atoms with Crippen LogP contribution in [-0.2, 0) is 10.0 Å². The standard InChI is InChI=1S/C28H18N2O5S/c31-26(19-9-3-1-4-10-19)20-15-17-30(18-16-20)25-24(29-36(34,35)21-11-5-2-6-12-21)27(32)22-13-7-8-14-23(22)28(25)33/h1-18H/p+1. The van der Waals surface area contributed by atoms with E-state index >= 15 is 0 Å². The van der Waals surface area contributed by atoms with Gasteiger partial charge in [-0.15, -0.1) is 4.40 Å². The quantitative estimate of drug-likeness (QED) is 0.384. The van der Waals surface area contributed by atoms with Crippen molar-refractivity contribution in [2.75, 3.05) is 0 Å². The van der Waals surface area contributed by atoms with Gasteiger partial charge in [-0.2, -0.15) is 12.7 Å². The second-order valence-corrected chi connectivity index (χ2v) is 9.59. The third-order valence-corrected chi connectivity index (χ3v) is 7.02. The summed E-state index contributed by atoms with van der Waals surface area (Å²) in [5, 5.41) is 10.7. The van der Waals surface area contributed by atoms with Crippen molar-refractivity contribution in [2.24, 2.45) is 4.40 Å².